The van der Waals surface area contributed by atoms with Crippen LogP contribution in [-0.2, 0) is 6.54 Å². The Morgan fingerprint density at radius 2 is 1.88 bits per heavy atom. The second-order valence-corrected chi connectivity index (χ2v) is 6.03. The number of benzene rings is 2. The van der Waals surface area contributed by atoms with Crippen LogP contribution < -0.4 is 14.8 Å². The molecule has 0 aromatic heterocycles. The van der Waals surface area contributed by atoms with Gasteiger partial charge >= 0.3 is 0 Å². The van der Waals surface area contributed by atoms with Crippen LogP contribution in [0.25, 0.3) is 0 Å². The van der Waals surface area contributed by atoms with E-state index in [2.05, 4.69) is 5.32 Å². The Kier molecular flexibility index (Phi) is 6.70. The van der Waals surface area contributed by atoms with Gasteiger partial charge in [-0.15, -0.1) is 0 Å². The zero-order valence-corrected chi connectivity index (χ0v) is 15.6. The van der Waals surface area contributed by atoms with Crippen molar-refractivity contribution in [2.24, 2.45) is 0 Å². The molecule has 0 aliphatic rings. The minimum Gasteiger partial charge on any atom is -0.493 e. The molecule has 0 fully saturated rings. The molecule has 0 bridgehead atoms. The van der Waals surface area contributed by atoms with E-state index in [-0.39, 0.29) is 0 Å². The number of methoxy groups -OCH3 is 1. The van der Waals surface area contributed by atoms with Gasteiger partial charge in [0.15, 0.2) is 16.6 Å². The number of nitrogens with zero attached hydrogens (tertiary/aromatic N) is 1. The number of halogens is 1. The number of ether oxygens (including phenoxy) is 2. The standard InChI is InChI=1S/C18H21ClN2O2S/c1-4-23-16-10-5-13(11-17(16)22-3)12-21(2)18(24)20-15-8-6-14(19)7-9-15/h5-11H,4,12H2,1-3H3,(H,20,24). The normalized spacial score (nSPS) is 10.2. The van der Waals surface area contributed by atoms with Crippen LogP contribution in [0, 0.1) is 0 Å². The lowest BCUT2D eigenvalue weighted by atomic mass is 10.2. The number of nitrogens with one attached hydrogen (secondary N) is 1. The van der Waals surface area contributed by atoms with Crippen LogP contribution >= 0.6 is 23.8 Å². The first-order valence-corrected chi connectivity index (χ1v) is 8.39. The second-order valence-electron chi connectivity index (χ2n) is 5.21. The quantitative estimate of drug-likeness (QED) is 0.759. The Labute approximate surface area is 153 Å². The van der Waals surface area contributed by atoms with Crippen molar-refractivity contribution in [1.29, 1.82) is 0 Å². The molecule has 0 radical (unpaired) electrons. The van der Waals surface area contributed by atoms with Crippen molar-refractivity contribution in [3.63, 3.8) is 0 Å². The third-order valence-electron chi connectivity index (χ3n) is 3.39. The van der Waals surface area contributed by atoms with Gasteiger partial charge in [-0.1, -0.05) is 17.7 Å². The average Bonchev–Trinajstić information content (AvgIpc) is 2.58. The van der Waals surface area contributed by atoms with E-state index in [1.807, 2.05) is 61.3 Å². The maximum atomic E-state index is 5.89. The minimum atomic E-state index is 0.602. The summed E-state index contributed by atoms with van der Waals surface area (Å²) in [4.78, 5) is 1.96. The predicted octanol–water partition coefficient (Wildman–Crippen LogP) is 4.58. The number of rotatable bonds is 6. The Hall–Kier alpha value is -1.98. The molecule has 0 saturated heterocycles. The van der Waals surface area contributed by atoms with Gasteiger partial charge in [0.2, 0.25) is 0 Å². The summed E-state index contributed by atoms with van der Waals surface area (Å²) in [5.41, 5.74) is 1.98. The molecule has 0 atom stereocenters. The van der Waals surface area contributed by atoms with Gasteiger partial charge in [-0.3, -0.25) is 0 Å². The molecule has 0 aliphatic carbocycles. The molecular formula is C18H21ClN2O2S. The molecule has 0 unspecified atom stereocenters. The summed E-state index contributed by atoms with van der Waals surface area (Å²) in [6.45, 7) is 3.20. The summed E-state index contributed by atoms with van der Waals surface area (Å²) in [6.07, 6.45) is 0. The Bertz CT molecular complexity index is 692. The molecule has 128 valence electrons. The van der Waals surface area contributed by atoms with Crippen LogP contribution in [0.3, 0.4) is 0 Å². The molecule has 0 aliphatic heterocycles. The lowest BCUT2D eigenvalue weighted by Crippen LogP contribution is -2.30. The first kappa shape index (κ1) is 18.4. The topological polar surface area (TPSA) is 33.7 Å². The predicted molar refractivity (Wildman–Crippen MR) is 103 cm³/mol. The summed E-state index contributed by atoms with van der Waals surface area (Å²) >= 11 is 11.3. The Morgan fingerprint density at radius 3 is 2.50 bits per heavy atom. The maximum absolute atomic E-state index is 5.89. The van der Waals surface area contributed by atoms with Gasteiger partial charge in [0.05, 0.1) is 13.7 Å². The Balaban J connectivity index is 2.01. The zero-order valence-electron chi connectivity index (χ0n) is 14.0. The molecule has 24 heavy (non-hydrogen) atoms. The van der Waals surface area contributed by atoms with E-state index < -0.39 is 0 Å². The van der Waals surface area contributed by atoms with Crippen LogP contribution in [0.4, 0.5) is 5.69 Å². The van der Waals surface area contributed by atoms with E-state index in [9.17, 15) is 0 Å². The summed E-state index contributed by atoms with van der Waals surface area (Å²) in [6, 6.07) is 13.3. The van der Waals surface area contributed by atoms with Gasteiger partial charge in [-0.2, -0.15) is 0 Å². The fourth-order valence-corrected chi connectivity index (χ4v) is 2.49. The smallest absolute Gasteiger partial charge is 0.173 e. The fraction of sp³-hybridized carbons (Fsp3) is 0.278. The minimum absolute atomic E-state index is 0.602. The van der Waals surface area contributed by atoms with Crippen LogP contribution in [0.2, 0.25) is 5.02 Å². The van der Waals surface area contributed by atoms with Crippen molar-refractivity contribution in [2.75, 3.05) is 26.1 Å². The molecule has 4 nitrogen and oxygen atoms in total. The lowest BCUT2D eigenvalue weighted by molar-refractivity contribution is 0.310. The first-order valence-electron chi connectivity index (χ1n) is 7.61. The van der Waals surface area contributed by atoms with E-state index in [0.29, 0.717) is 23.3 Å². The maximum Gasteiger partial charge on any atom is 0.173 e. The molecule has 0 spiro atoms. The van der Waals surface area contributed by atoms with Gasteiger partial charge in [-0.05, 0) is 61.1 Å². The van der Waals surface area contributed by atoms with E-state index in [4.69, 9.17) is 33.3 Å². The van der Waals surface area contributed by atoms with E-state index in [1.165, 1.54) is 0 Å². The number of thiocarbonyl (C=S) groups is 1. The molecule has 2 rings (SSSR count). The SMILES string of the molecule is CCOc1ccc(CN(C)C(=S)Nc2ccc(Cl)cc2)cc1OC. The zero-order chi connectivity index (χ0) is 17.5. The molecule has 2 aromatic carbocycles. The van der Waals surface area contributed by atoms with Crippen LogP contribution in [0.1, 0.15) is 12.5 Å². The third-order valence-corrected chi connectivity index (χ3v) is 4.06. The van der Waals surface area contributed by atoms with Crippen LogP contribution in [0.5, 0.6) is 11.5 Å². The summed E-state index contributed by atoms with van der Waals surface area (Å²) < 4.78 is 10.9. The van der Waals surface area contributed by atoms with E-state index in [0.717, 1.165) is 22.7 Å². The molecule has 6 heteroatoms. The van der Waals surface area contributed by atoms with Gasteiger partial charge in [-0.25, -0.2) is 0 Å². The van der Waals surface area contributed by atoms with Crippen molar-refractivity contribution in [1.82, 2.24) is 4.90 Å². The van der Waals surface area contributed by atoms with Gasteiger partial charge in [0.1, 0.15) is 0 Å². The largest absolute Gasteiger partial charge is 0.493 e. The Morgan fingerprint density at radius 1 is 1.17 bits per heavy atom. The lowest BCUT2D eigenvalue weighted by Gasteiger charge is -2.22. The number of hydrogen-bond donors (Lipinski definition) is 1. The van der Waals surface area contributed by atoms with Crippen molar-refractivity contribution < 1.29 is 9.47 Å². The van der Waals surface area contributed by atoms with Gasteiger partial charge in [0.25, 0.3) is 0 Å². The van der Waals surface area contributed by atoms with E-state index in [1.54, 1.807) is 7.11 Å². The monoisotopic (exact) mass is 364 g/mol. The highest BCUT2D eigenvalue weighted by atomic mass is 35.5. The highest BCUT2D eigenvalue weighted by Crippen LogP contribution is 2.28. The fourth-order valence-electron chi connectivity index (χ4n) is 2.18. The molecule has 0 saturated carbocycles. The molecule has 0 heterocycles. The third kappa shape index (κ3) is 5.01. The van der Waals surface area contributed by atoms with Crippen molar-refractivity contribution in [2.45, 2.75) is 13.5 Å². The van der Waals surface area contributed by atoms with Crippen LogP contribution in [0.15, 0.2) is 42.5 Å². The van der Waals surface area contributed by atoms with Crippen molar-refractivity contribution in [3.05, 3.63) is 53.1 Å². The molecule has 1 N–H and O–H groups in total. The van der Waals surface area contributed by atoms with Crippen LogP contribution in [-0.4, -0.2) is 30.8 Å². The van der Waals surface area contributed by atoms with Crippen molar-refractivity contribution >= 4 is 34.6 Å². The van der Waals surface area contributed by atoms with E-state index >= 15 is 0 Å². The highest BCUT2D eigenvalue weighted by Gasteiger charge is 2.09. The summed E-state index contributed by atoms with van der Waals surface area (Å²) in [5.74, 6) is 1.47. The van der Waals surface area contributed by atoms with Crippen molar-refractivity contribution in [3.8, 4) is 11.5 Å². The van der Waals surface area contributed by atoms with Gasteiger partial charge in [0, 0.05) is 24.3 Å². The molecular weight excluding hydrogens is 344 g/mol. The van der Waals surface area contributed by atoms with Gasteiger partial charge < -0.3 is 19.7 Å². The number of hydrogen-bond acceptors (Lipinski definition) is 3. The second kappa shape index (κ2) is 8.76. The summed E-state index contributed by atoms with van der Waals surface area (Å²) in [5, 5.41) is 4.52. The molecule has 2 aromatic rings. The summed E-state index contributed by atoms with van der Waals surface area (Å²) in [7, 11) is 3.58. The average molecular weight is 365 g/mol. The molecule has 0 amide bonds. The number of anilines is 1. The highest BCUT2D eigenvalue weighted by molar-refractivity contribution is 7.80. The first-order chi connectivity index (χ1) is 11.5.